The number of hydrogen-bond donors (Lipinski definition) is 0. The van der Waals surface area contributed by atoms with Crippen LogP contribution in [-0.2, 0) is 4.74 Å². The van der Waals surface area contributed by atoms with Crippen LogP contribution in [0.3, 0.4) is 0 Å². The molecular formula is C16H22ClNO2. The van der Waals surface area contributed by atoms with Crippen LogP contribution in [0.5, 0.6) is 0 Å². The molecule has 20 heavy (non-hydrogen) atoms. The van der Waals surface area contributed by atoms with Crippen molar-refractivity contribution in [2.45, 2.75) is 25.9 Å². The zero-order valence-electron chi connectivity index (χ0n) is 12.2. The maximum atomic E-state index is 12.3. The number of methoxy groups -OCH3 is 1. The molecule has 0 N–H and O–H groups in total. The minimum absolute atomic E-state index is 0.0873. The Hall–Kier alpha value is -1.32. The minimum Gasteiger partial charge on any atom is -0.381 e. The van der Waals surface area contributed by atoms with E-state index in [4.69, 9.17) is 16.3 Å². The van der Waals surface area contributed by atoms with Crippen LogP contribution in [0.1, 0.15) is 28.8 Å². The van der Waals surface area contributed by atoms with Crippen molar-refractivity contribution in [2.75, 3.05) is 20.2 Å². The Balaban J connectivity index is 0.000000956. The second kappa shape index (κ2) is 8.08. The standard InChI is InChI=1S/C14H18ClNO2.C2H4/c1-10-9-11(3-4-13(10)15)14(17)16-7-5-12(18-2)6-8-16;1-2/h3-4,9,12H,5-8H2,1-2H3;1-2H2. The molecule has 0 spiro atoms. The lowest BCUT2D eigenvalue weighted by Crippen LogP contribution is -2.40. The lowest BCUT2D eigenvalue weighted by Gasteiger charge is -2.31. The Morgan fingerprint density at radius 2 is 1.95 bits per heavy atom. The van der Waals surface area contributed by atoms with Crippen LogP contribution in [-0.4, -0.2) is 37.1 Å². The summed E-state index contributed by atoms with van der Waals surface area (Å²) in [6.07, 6.45) is 2.12. The van der Waals surface area contributed by atoms with Gasteiger partial charge >= 0.3 is 0 Å². The molecule has 3 nitrogen and oxygen atoms in total. The number of ether oxygens (including phenoxy) is 1. The molecule has 1 aromatic rings. The van der Waals surface area contributed by atoms with Crippen molar-refractivity contribution >= 4 is 17.5 Å². The van der Waals surface area contributed by atoms with Crippen LogP contribution in [0, 0.1) is 6.92 Å². The molecule has 1 aliphatic rings. The maximum absolute atomic E-state index is 12.3. The summed E-state index contributed by atoms with van der Waals surface area (Å²) in [6, 6.07) is 5.43. The first-order valence-electron chi connectivity index (χ1n) is 6.70. The van der Waals surface area contributed by atoms with Gasteiger partial charge in [-0.2, -0.15) is 0 Å². The Labute approximate surface area is 126 Å². The molecule has 4 heteroatoms. The second-order valence-corrected chi connectivity index (χ2v) is 5.10. The number of likely N-dealkylation sites (tertiary alicyclic amines) is 1. The molecule has 0 aromatic heterocycles. The van der Waals surface area contributed by atoms with Crippen molar-refractivity contribution in [3.8, 4) is 0 Å². The van der Waals surface area contributed by atoms with Crippen molar-refractivity contribution in [3.63, 3.8) is 0 Å². The molecule has 0 atom stereocenters. The summed E-state index contributed by atoms with van der Waals surface area (Å²) in [6.45, 7) is 9.44. The quantitative estimate of drug-likeness (QED) is 0.779. The average molecular weight is 296 g/mol. The van der Waals surface area contributed by atoms with Gasteiger partial charge in [0.2, 0.25) is 0 Å². The van der Waals surface area contributed by atoms with E-state index in [1.165, 1.54) is 0 Å². The Morgan fingerprint density at radius 3 is 2.45 bits per heavy atom. The first-order valence-corrected chi connectivity index (χ1v) is 7.08. The molecule has 1 aromatic carbocycles. The lowest BCUT2D eigenvalue weighted by molar-refractivity contribution is 0.0351. The molecule has 0 unspecified atom stereocenters. The van der Waals surface area contributed by atoms with Gasteiger partial charge in [-0.1, -0.05) is 11.6 Å². The SMILES string of the molecule is C=C.COC1CCN(C(=O)c2ccc(Cl)c(C)c2)CC1. The number of nitrogens with zero attached hydrogens (tertiary/aromatic N) is 1. The second-order valence-electron chi connectivity index (χ2n) is 4.69. The van der Waals surface area contributed by atoms with E-state index in [2.05, 4.69) is 13.2 Å². The summed E-state index contributed by atoms with van der Waals surface area (Å²) in [5.74, 6) is 0.0873. The highest BCUT2D eigenvalue weighted by Crippen LogP contribution is 2.20. The van der Waals surface area contributed by atoms with Crippen LogP contribution in [0.25, 0.3) is 0 Å². The van der Waals surface area contributed by atoms with Crippen molar-refractivity contribution < 1.29 is 9.53 Å². The first kappa shape index (κ1) is 16.7. The summed E-state index contributed by atoms with van der Waals surface area (Å²) >= 11 is 5.97. The van der Waals surface area contributed by atoms with Gasteiger partial charge in [-0.15, -0.1) is 13.2 Å². The fourth-order valence-corrected chi connectivity index (χ4v) is 2.37. The Morgan fingerprint density at radius 1 is 1.35 bits per heavy atom. The fourth-order valence-electron chi connectivity index (χ4n) is 2.25. The molecule has 110 valence electrons. The summed E-state index contributed by atoms with van der Waals surface area (Å²) in [5, 5.41) is 0.699. The zero-order chi connectivity index (χ0) is 15.1. The van der Waals surface area contributed by atoms with Gasteiger partial charge in [0.05, 0.1) is 6.10 Å². The monoisotopic (exact) mass is 295 g/mol. The van der Waals surface area contributed by atoms with E-state index in [1.54, 1.807) is 19.2 Å². The normalized spacial score (nSPS) is 15.4. The lowest BCUT2D eigenvalue weighted by atomic mass is 10.1. The predicted molar refractivity (Wildman–Crippen MR) is 83.4 cm³/mol. The number of rotatable bonds is 2. The largest absolute Gasteiger partial charge is 0.381 e. The highest BCUT2D eigenvalue weighted by molar-refractivity contribution is 6.31. The third-order valence-electron chi connectivity index (χ3n) is 3.47. The first-order chi connectivity index (χ1) is 9.61. The average Bonchev–Trinajstić information content (AvgIpc) is 2.51. The number of carbonyl (C=O) groups is 1. The molecular weight excluding hydrogens is 274 g/mol. The van der Waals surface area contributed by atoms with Gasteiger partial charge in [-0.3, -0.25) is 4.79 Å². The van der Waals surface area contributed by atoms with Gasteiger partial charge in [0.15, 0.2) is 0 Å². The Kier molecular flexibility index (Phi) is 6.76. The van der Waals surface area contributed by atoms with E-state index < -0.39 is 0 Å². The molecule has 1 saturated heterocycles. The number of piperidine rings is 1. The topological polar surface area (TPSA) is 29.5 Å². The minimum atomic E-state index is 0.0873. The third-order valence-corrected chi connectivity index (χ3v) is 3.89. The molecule has 2 rings (SSSR count). The van der Waals surface area contributed by atoms with Gasteiger partial charge in [-0.25, -0.2) is 0 Å². The highest BCUT2D eigenvalue weighted by atomic mass is 35.5. The van der Waals surface area contributed by atoms with Crippen LogP contribution in [0.4, 0.5) is 0 Å². The van der Waals surface area contributed by atoms with Gasteiger partial charge in [-0.05, 0) is 43.5 Å². The van der Waals surface area contributed by atoms with E-state index in [1.807, 2.05) is 17.9 Å². The van der Waals surface area contributed by atoms with E-state index >= 15 is 0 Å². The van der Waals surface area contributed by atoms with Crippen molar-refractivity contribution in [3.05, 3.63) is 47.5 Å². The predicted octanol–water partition coefficient (Wildman–Crippen LogP) is 3.70. The van der Waals surface area contributed by atoms with Crippen LogP contribution in [0.2, 0.25) is 5.02 Å². The van der Waals surface area contributed by atoms with E-state index in [0.29, 0.717) is 16.7 Å². The van der Waals surface area contributed by atoms with Crippen LogP contribution < -0.4 is 0 Å². The molecule has 1 amide bonds. The van der Waals surface area contributed by atoms with Crippen molar-refractivity contribution in [2.24, 2.45) is 0 Å². The molecule has 0 aliphatic carbocycles. The third kappa shape index (κ3) is 4.09. The van der Waals surface area contributed by atoms with E-state index in [9.17, 15) is 4.79 Å². The summed E-state index contributed by atoms with van der Waals surface area (Å²) in [4.78, 5) is 14.2. The van der Waals surface area contributed by atoms with Crippen LogP contribution in [0.15, 0.2) is 31.4 Å². The maximum Gasteiger partial charge on any atom is 0.253 e. The molecule has 0 radical (unpaired) electrons. The van der Waals surface area contributed by atoms with E-state index in [0.717, 1.165) is 31.5 Å². The summed E-state index contributed by atoms with van der Waals surface area (Å²) < 4.78 is 5.30. The van der Waals surface area contributed by atoms with Gasteiger partial charge < -0.3 is 9.64 Å². The molecule has 0 saturated carbocycles. The van der Waals surface area contributed by atoms with E-state index in [-0.39, 0.29) is 5.91 Å². The Bertz CT molecular complexity index is 454. The molecule has 1 fully saturated rings. The van der Waals surface area contributed by atoms with Gasteiger partial charge in [0, 0.05) is 30.8 Å². The number of amides is 1. The van der Waals surface area contributed by atoms with Crippen molar-refractivity contribution in [1.82, 2.24) is 4.90 Å². The molecule has 1 aliphatic heterocycles. The number of hydrogen-bond acceptors (Lipinski definition) is 2. The van der Waals surface area contributed by atoms with Crippen LogP contribution >= 0.6 is 11.6 Å². The number of benzene rings is 1. The summed E-state index contributed by atoms with van der Waals surface area (Å²) in [7, 11) is 1.73. The highest BCUT2D eigenvalue weighted by Gasteiger charge is 2.23. The zero-order valence-corrected chi connectivity index (χ0v) is 12.9. The molecule has 1 heterocycles. The smallest absolute Gasteiger partial charge is 0.253 e. The fraction of sp³-hybridized carbons (Fsp3) is 0.438. The number of halogens is 1. The van der Waals surface area contributed by atoms with Gasteiger partial charge in [0.25, 0.3) is 5.91 Å². The van der Waals surface area contributed by atoms with Crippen molar-refractivity contribution in [1.29, 1.82) is 0 Å². The van der Waals surface area contributed by atoms with Gasteiger partial charge in [0.1, 0.15) is 0 Å². The number of aryl methyl sites for hydroxylation is 1. The summed E-state index contributed by atoms with van der Waals surface area (Å²) in [5.41, 5.74) is 1.65. The molecule has 0 bridgehead atoms. The number of carbonyl (C=O) groups excluding carboxylic acids is 1.